The molecule has 2 aromatic heterocycles. The molecular weight excluding hydrogens is 428 g/mol. The van der Waals surface area contributed by atoms with Crippen LogP contribution in [-0.2, 0) is 6.61 Å². The van der Waals surface area contributed by atoms with Crippen molar-refractivity contribution in [3.8, 4) is 17.3 Å². The van der Waals surface area contributed by atoms with Crippen LogP contribution in [0.25, 0.3) is 5.82 Å². The number of aromatic nitrogens is 5. The van der Waals surface area contributed by atoms with Gasteiger partial charge in [-0.3, -0.25) is 4.79 Å². The number of methoxy groups -OCH3 is 1. The molecule has 0 radical (unpaired) electrons. The van der Waals surface area contributed by atoms with Gasteiger partial charge in [-0.25, -0.2) is 10.1 Å². The molecule has 12 heteroatoms. The molecule has 0 saturated heterocycles. The van der Waals surface area contributed by atoms with Crippen LogP contribution in [0.5, 0.6) is 11.5 Å². The molecule has 0 saturated carbocycles. The van der Waals surface area contributed by atoms with E-state index < -0.39 is 5.91 Å². The summed E-state index contributed by atoms with van der Waals surface area (Å²) < 4.78 is 17.1. The van der Waals surface area contributed by atoms with Crippen LogP contribution in [0.3, 0.4) is 0 Å². The molecule has 33 heavy (non-hydrogen) atoms. The highest BCUT2D eigenvalue weighted by Crippen LogP contribution is 2.28. The molecular formula is C21H20N8O4. The maximum atomic E-state index is 12.4. The molecule has 4 aromatic rings. The van der Waals surface area contributed by atoms with Crippen molar-refractivity contribution >= 4 is 17.9 Å². The van der Waals surface area contributed by atoms with E-state index in [0.717, 1.165) is 5.56 Å². The third-order valence-corrected chi connectivity index (χ3v) is 4.61. The zero-order chi connectivity index (χ0) is 23.2. The summed E-state index contributed by atoms with van der Waals surface area (Å²) in [4.78, 5) is 12.4. The molecule has 0 unspecified atom stereocenters. The Labute approximate surface area is 188 Å². The molecule has 0 aliphatic heterocycles. The quantitative estimate of drug-likeness (QED) is 0.303. The summed E-state index contributed by atoms with van der Waals surface area (Å²) in [6.45, 7) is 2.04. The zero-order valence-corrected chi connectivity index (χ0v) is 17.8. The molecule has 12 nitrogen and oxygen atoms in total. The molecule has 2 aromatic carbocycles. The summed E-state index contributed by atoms with van der Waals surface area (Å²) in [5.41, 5.74) is 10.3. The first-order chi connectivity index (χ1) is 16.1. The average Bonchev–Trinajstić information content (AvgIpc) is 3.43. The van der Waals surface area contributed by atoms with Gasteiger partial charge in [0.25, 0.3) is 5.91 Å². The second kappa shape index (κ2) is 9.60. The van der Waals surface area contributed by atoms with Gasteiger partial charge in [-0.05, 0) is 46.6 Å². The lowest BCUT2D eigenvalue weighted by Gasteiger charge is -2.11. The van der Waals surface area contributed by atoms with Gasteiger partial charge < -0.3 is 15.2 Å². The minimum atomic E-state index is -0.556. The molecule has 0 spiro atoms. The lowest BCUT2D eigenvalue weighted by Crippen LogP contribution is -2.19. The number of hydrazone groups is 1. The van der Waals surface area contributed by atoms with E-state index in [1.54, 1.807) is 32.2 Å². The maximum Gasteiger partial charge on any atom is 0.293 e. The molecule has 168 valence electrons. The molecule has 4 rings (SSSR count). The Bertz CT molecular complexity index is 1280. The largest absolute Gasteiger partial charge is 0.493 e. The number of amides is 1. The van der Waals surface area contributed by atoms with Crippen LogP contribution in [0.4, 0.5) is 5.82 Å². The highest BCUT2D eigenvalue weighted by atomic mass is 16.6. The summed E-state index contributed by atoms with van der Waals surface area (Å²) >= 11 is 0. The highest BCUT2D eigenvalue weighted by molar-refractivity contribution is 5.94. The van der Waals surface area contributed by atoms with E-state index in [0.29, 0.717) is 29.4 Å². The van der Waals surface area contributed by atoms with Gasteiger partial charge in [0.2, 0.25) is 11.6 Å². The summed E-state index contributed by atoms with van der Waals surface area (Å²) in [5, 5.41) is 18.8. The van der Waals surface area contributed by atoms with Crippen LogP contribution >= 0.6 is 0 Å². The summed E-state index contributed by atoms with van der Waals surface area (Å²) in [6.07, 6.45) is 1.47. The summed E-state index contributed by atoms with van der Waals surface area (Å²) in [6, 6.07) is 15.1. The number of nitrogens with one attached hydrogen (secondary N) is 1. The fourth-order valence-corrected chi connectivity index (χ4v) is 2.92. The van der Waals surface area contributed by atoms with Crippen LogP contribution in [0, 0.1) is 6.92 Å². The molecule has 0 fully saturated rings. The highest BCUT2D eigenvalue weighted by Gasteiger charge is 2.20. The number of anilines is 1. The van der Waals surface area contributed by atoms with Crippen LogP contribution in [-0.4, -0.2) is 44.5 Å². The number of hydrogen-bond donors (Lipinski definition) is 2. The third kappa shape index (κ3) is 4.79. The lowest BCUT2D eigenvalue weighted by molar-refractivity contribution is 0.0949. The number of rotatable bonds is 8. The topological polar surface area (TPSA) is 156 Å². The Kier molecular flexibility index (Phi) is 6.25. The SMILES string of the molecule is COc1cc(/C=N/NC(=O)c2nnn(-c3nonc3N)c2C)ccc1OCc1ccccc1. The van der Waals surface area contributed by atoms with E-state index in [1.807, 2.05) is 30.3 Å². The normalized spacial score (nSPS) is 11.0. The van der Waals surface area contributed by atoms with Gasteiger partial charge in [0.05, 0.1) is 19.0 Å². The van der Waals surface area contributed by atoms with Crippen molar-refractivity contribution in [3.05, 3.63) is 71.0 Å². The van der Waals surface area contributed by atoms with Gasteiger partial charge >= 0.3 is 0 Å². The predicted molar refractivity (Wildman–Crippen MR) is 117 cm³/mol. The monoisotopic (exact) mass is 448 g/mol. The Morgan fingerprint density at radius 3 is 2.76 bits per heavy atom. The van der Waals surface area contributed by atoms with Crippen molar-refractivity contribution in [2.75, 3.05) is 12.8 Å². The molecule has 3 N–H and O–H groups in total. The molecule has 0 aliphatic rings. The van der Waals surface area contributed by atoms with Crippen molar-refractivity contribution in [1.82, 2.24) is 30.7 Å². The predicted octanol–water partition coefficient (Wildman–Crippen LogP) is 1.89. The number of nitrogen functional groups attached to an aromatic ring is 1. The smallest absolute Gasteiger partial charge is 0.293 e. The van der Waals surface area contributed by atoms with Crippen LogP contribution in [0.1, 0.15) is 27.3 Å². The summed E-state index contributed by atoms with van der Waals surface area (Å²) in [5.74, 6) is 0.748. The van der Waals surface area contributed by atoms with Gasteiger partial charge in [0.15, 0.2) is 17.2 Å². The first-order valence-electron chi connectivity index (χ1n) is 9.75. The van der Waals surface area contributed by atoms with E-state index in [-0.39, 0.29) is 17.3 Å². The van der Waals surface area contributed by atoms with E-state index in [1.165, 1.54) is 10.9 Å². The van der Waals surface area contributed by atoms with E-state index in [2.05, 4.69) is 35.8 Å². The number of hydrogen-bond acceptors (Lipinski definition) is 10. The van der Waals surface area contributed by atoms with Crippen molar-refractivity contribution < 1.29 is 18.9 Å². The van der Waals surface area contributed by atoms with Gasteiger partial charge in [-0.1, -0.05) is 35.5 Å². The Balaban J connectivity index is 1.40. The van der Waals surface area contributed by atoms with E-state index in [9.17, 15) is 4.79 Å². The molecule has 2 heterocycles. The minimum Gasteiger partial charge on any atom is -0.493 e. The van der Waals surface area contributed by atoms with Crippen LogP contribution in [0.2, 0.25) is 0 Å². The first kappa shape index (κ1) is 21.5. The molecule has 0 atom stereocenters. The average molecular weight is 448 g/mol. The number of carbonyl (C=O) groups is 1. The number of carbonyl (C=O) groups excluding carboxylic acids is 1. The molecule has 1 amide bonds. The summed E-state index contributed by atoms with van der Waals surface area (Å²) in [7, 11) is 1.55. The fraction of sp³-hybridized carbons (Fsp3) is 0.143. The van der Waals surface area contributed by atoms with Gasteiger partial charge in [-0.15, -0.1) is 5.10 Å². The van der Waals surface area contributed by atoms with Crippen molar-refractivity contribution in [2.45, 2.75) is 13.5 Å². The van der Waals surface area contributed by atoms with E-state index in [4.69, 9.17) is 15.2 Å². The second-order valence-electron chi connectivity index (χ2n) is 6.79. The van der Waals surface area contributed by atoms with Crippen LogP contribution < -0.4 is 20.6 Å². The van der Waals surface area contributed by atoms with Crippen molar-refractivity contribution in [3.63, 3.8) is 0 Å². The zero-order valence-electron chi connectivity index (χ0n) is 17.8. The number of ether oxygens (including phenoxy) is 2. The maximum absolute atomic E-state index is 12.4. The van der Waals surface area contributed by atoms with Gasteiger partial charge in [0, 0.05) is 0 Å². The number of nitrogens with zero attached hydrogens (tertiary/aromatic N) is 6. The third-order valence-electron chi connectivity index (χ3n) is 4.61. The minimum absolute atomic E-state index is 0.0260. The number of benzene rings is 2. The fourth-order valence-electron chi connectivity index (χ4n) is 2.92. The lowest BCUT2D eigenvalue weighted by atomic mass is 10.2. The Hall–Kier alpha value is -4.74. The Morgan fingerprint density at radius 1 is 1.21 bits per heavy atom. The standard InChI is InChI=1S/C21H20N8O4/c1-13-18(24-28-29(13)20-19(22)26-33-27-20)21(30)25-23-11-15-8-9-16(17(10-15)31-2)32-12-14-6-4-3-5-7-14/h3-11H,12H2,1-2H3,(H2,22,26)(H,25,30)/b23-11+. The van der Waals surface area contributed by atoms with Gasteiger partial charge in [-0.2, -0.15) is 9.78 Å². The van der Waals surface area contributed by atoms with Crippen molar-refractivity contribution in [2.24, 2.45) is 5.10 Å². The number of nitrogens with two attached hydrogens (primary N) is 1. The molecule has 0 aliphatic carbocycles. The Morgan fingerprint density at radius 2 is 2.03 bits per heavy atom. The molecule has 0 bridgehead atoms. The second-order valence-corrected chi connectivity index (χ2v) is 6.79. The van der Waals surface area contributed by atoms with Gasteiger partial charge in [0.1, 0.15) is 6.61 Å². The van der Waals surface area contributed by atoms with Crippen molar-refractivity contribution in [1.29, 1.82) is 0 Å². The first-order valence-corrected chi connectivity index (χ1v) is 9.75. The van der Waals surface area contributed by atoms with Crippen LogP contribution in [0.15, 0.2) is 58.3 Å². The van der Waals surface area contributed by atoms with E-state index >= 15 is 0 Å².